The quantitative estimate of drug-likeness (QED) is 0.894. The number of para-hydroxylation sites is 1. The molecule has 0 radical (unpaired) electrons. The summed E-state index contributed by atoms with van der Waals surface area (Å²) in [5.41, 5.74) is 2.16. The van der Waals surface area contributed by atoms with Crippen molar-refractivity contribution in [1.82, 2.24) is 4.98 Å². The minimum Gasteiger partial charge on any atom is -0.302 e. The average molecular weight is 260 g/mol. The highest BCUT2D eigenvalue weighted by atomic mass is 32.1. The monoisotopic (exact) mass is 260 g/mol. The highest BCUT2D eigenvalue weighted by Gasteiger charge is 2.23. The van der Waals surface area contributed by atoms with Gasteiger partial charge in [0, 0.05) is 5.92 Å². The highest BCUT2D eigenvalue weighted by molar-refractivity contribution is 7.22. The third kappa shape index (κ3) is 2.12. The van der Waals surface area contributed by atoms with Crippen LogP contribution in [0.1, 0.15) is 31.2 Å². The molecule has 1 aromatic carbocycles. The van der Waals surface area contributed by atoms with Crippen LogP contribution in [-0.4, -0.2) is 10.9 Å². The van der Waals surface area contributed by atoms with Crippen molar-refractivity contribution < 1.29 is 4.79 Å². The average Bonchev–Trinajstić information content (AvgIpc) is 2.97. The standard InChI is InChI=1S/C14H16N2OS/c1-9-5-4-8-11-12(9)15-14(18-11)16-13(17)10-6-2-3-7-10/h4-5,8,10H,2-3,6-7H2,1H3,(H,15,16,17). The van der Waals surface area contributed by atoms with Gasteiger partial charge >= 0.3 is 0 Å². The maximum Gasteiger partial charge on any atom is 0.229 e. The van der Waals surface area contributed by atoms with Gasteiger partial charge < -0.3 is 5.32 Å². The second-order valence-corrected chi connectivity index (χ2v) is 5.94. The van der Waals surface area contributed by atoms with Crippen LogP contribution in [0.4, 0.5) is 5.13 Å². The summed E-state index contributed by atoms with van der Waals surface area (Å²) < 4.78 is 1.14. The first-order valence-corrected chi connectivity index (χ1v) is 7.23. The number of aryl methyl sites for hydroxylation is 1. The summed E-state index contributed by atoms with van der Waals surface area (Å²) in [7, 11) is 0. The Morgan fingerprint density at radius 2 is 2.17 bits per heavy atom. The molecule has 1 heterocycles. The van der Waals surface area contributed by atoms with E-state index in [-0.39, 0.29) is 11.8 Å². The van der Waals surface area contributed by atoms with E-state index in [0.717, 1.165) is 33.8 Å². The van der Waals surface area contributed by atoms with Crippen LogP contribution in [0.3, 0.4) is 0 Å². The molecule has 1 saturated carbocycles. The van der Waals surface area contributed by atoms with Crippen molar-refractivity contribution >= 4 is 32.6 Å². The number of anilines is 1. The number of hydrogen-bond donors (Lipinski definition) is 1. The summed E-state index contributed by atoms with van der Waals surface area (Å²) in [5, 5.41) is 3.70. The lowest BCUT2D eigenvalue weighted by molar-refractivity contribution is -0.119. The van der Waals surface area contributed by atoms with Gasteiger partial charge in [0.1, 0.15) is 0 Å². The molecular weight excluding hydrogens is 244 g/mol. The molecule has 1 aliphatic rings. The van der Waals surface area contributed by atoms with Crippen molar-refractivity contribution in [3.8, 4) is 0 Å². The molecule has 3 rings (SSSR count). The summed E-state index contributed by atoms with van der Waals surface area (Å²) in [6, 6.07) is 6.12. The molecule has 2 aromatic rings. The predicted molar refractivity (Wildman–Crippen MR) is 74.9 cm³/mol. The lowest BCUT2D eigenvalue weighted by Gasteiger charge is -2.07. The van der Waals surface area contributed by atoms with Crippen LogP contribution in [0, 0.1) is 12.8 Å². The van der Waals surface area contributed by atoms with E-state index >= 15 is 0 Å². The minimum absolute atomic E-state index is 0.143. The van der Waals surface area contributed by atoms with Gasteiger partial charge in [-0.2, -0.15) is 0 Å². The fraction of sp³-hybridized carbons (Fsp3) is 0.429. The number of aromatic nitrogens is 1. The van der Waals surface area contributed by atoms with Crippen LogP contribution >= 0.6 is 11.3 Å². The van der Waals surface area contributed by atoms with E-state index in [1.807, 2.05) is 25.1 Å². The maximum absolute atomic E-state index is 12.0. The third-order valence-corrected chi connectivity index (χ3v) is 4.51. The zero-order valence-electron chi connectivity index (χ0n) is 10.4. The number of carbonyl (C=O) groups excluding carboxylic acids is 1. The Balaban J connectivity index is 1.82. The Kier molecular flexibility index (Phi) is 3.04. The molecule has 18 heavy (non-hydrogen) atoms. The van der Waals surface area contributed by atoms with E-state index in [1.165, 1.54) is 12.8 Å². The SMILES string of the molecule is Cc1cccc2sc(NC(=O)C3CCCC3)nc12. The fourth-order valence-corrected chi connectivity index (χ4v) is 3.48. The van der Waals surface area contributed by atoms with Crippen molar-refractivity contribution in [1.29, 1.82) is 0 Å². The minimum atomic E-state index is 0.143. The summed E-state index contributed by atoms with van der Waals surface area (Å²) in [6.07, 6.45) is 4.40. The molecule has 1 amide bonds. The van der Waals surface area contributed by atoms with Crippen LogP contribution in [-0.2, 0) is 4.79 Å². The molecule has 0 saturated heterocycles. The Labute approximate surface area is 110 Å². The van der Waals surface area contributed by atoms with E-state index in [4.69, 9.17) is 0 Å². The van der Waals surface area contributed by atoms with E-state index in [9.17, 15) is 4.79 Å². The number of carbonyl (C=O) groups is 1. The first-order chi connectivity index (χ1) is 8.74. The van der Waals surface area contributed by atoms with E-state index in [1.54, 1.807) is 11.3 Å². The van der Waals surface area contributed by atoms with Crippen molar-refractivity contribution in [3.05, 3.63) is 23.8 Å². The Morgan fingerprint density at radius 3 is 2.89 bits per heavy atom. The first kappa shape index (κ1) is 11.7. The number of nitrogens with zero attached hydrogens (tertiary/aromatic N) is 1. The van der Waals surface area contributed by atoms with Gasteiger partial charge in [0.15, 0.2) is 5.13 Å². The second-order valence-electron chi connectivity index (χ2n) is 4.91. The normalized spacial score (nSPS) is 16.3. The number of thiazole rings is 1. The van der Waals surface area contributed by atoms with E-state index in [2.05, 4.69) is 10.3 Å². The van der Waals surface area contributed by atoms with Crippen LogP contribution < -0.4 is 5.32 Å². The Hall–Kier alpha value is -1.42. The van der Waals surface area contributed by atoms with Crippen molar-refractivity contribution in [3.63, 3.8) is 0 Å². The molecule has 0 bridgehead atoms. The second kappa shape index (κ2) is 4.69. The van der Waals surface area contributed by atoms with Gasteiger partial charge in [-0.25, -0.2) is 4.98 Å². The topological polar surface area (TPSA) is 42.0 Å². The smallest absolute Gasteiger partial charge is 0.229 e. The molecule has 4 heteroatoms. The molecule has 0 unspecified atom stereocenters. The van der Waals surface area contributed by atoms with Gasteiger partial charge in [-0.1, -0.05) is 36.3 Å². The molecule has 1 fully saturated rings. The maximum atomic E-state index is 12.0. The van der Waals surface area contributed by atoms with Crippen LogP contribution in [0.5, 0.6) is 0 Å². The van der Waals surface area contributed by atoms with Crippen molar-refractivity contribution in [2.75, 3.05) is 5.32 Å². The lowest BCUT2D eigenvalue weighted by atomic mass is 10.1. The molecule has 3 nitrogen and oxygen atoms in total. The fourth-order valence-electron chi connectivity index (χ4n) is 2.54. The van der Waals surface area contributed by atoms with Crippen LogP contribution in [0.15, 0.2) is 18.2 Å². The molecule has 0 atom stereocenters. The molecule has 0 aliphatic heterocycles. The number of rotatable bonds is 2. The molecule has 0 spiro atoms. The number of nitrogens with one attached hydrogen (secondary N) is 1. The molecular formula is C14H16N2OS. The number of amides is 1. The van der Waals surface area contributed by atoms with E-state index < -0.39 is 0 Å². The van der Waals surface area contributed by atoms with Gasteiger partial charge in [0.25, 0.3) is 0 Å². The largest absolute Gasteiger partial charge is 0.302 e. The molecule has 1 aliphatic carbocycles. The van der Waals surface area contributed by atoms with Gasteiger partial charge in [-0.3, -0.25) is 4.79 Å². The molecule has 1 N–H and O–H groups in total. The molecule has 1 aromatic heterocycles. The zero-order chi connectivity index (χ0) is 12.5. The summed E-state index contributed by atoms with van der Waals surface area (Å²) in [5.74, 6) is 0.335. The van der Waals surface area contributed by atoms with Gasteiger partial charge in [-0.05, 0) is 31.4 Å². The van der Waals surface area contributed by atoms with Gasteiger partial charge in [0.2, 0.25) is 5.91 Å². The lowest BCUT2D eigenvalue weighted by Crippen LogP contribution is -2.20. The predicted octanol–water partition coefficient (Wildman–Crippen LogP) is 3.73. The number of benzene rings is 1. The summed E-state index contributed by atoms with van der Waals surface area (Å²) in [4.78, 5) is 16.5. The van der Waals surface area contributed by atoms with Crippen molar-refractivity contribution in [2.45, 2.75) is 32.6 Å². The number of hydrogen-bond acceptors (Lipinski definition) is 3. The number of fused-ring (bicyclic) bond motifs is 1. The van der Waals surface area contributed by atoms with E-state index in [0.29, 0.717) is 0 Å². The van der Waals surface area contributed by atoms with Crippen LogP contribution in [0.2, 0.25) is 0 Å². The third-order valence-electron chi connectivity index (χ3n) is 3.58. The first-order valence-electron chi connectivity index (χ1n) is 6.41. The Morgan fingerprint density at radius 1 is 1.39 bits per heavy atom. The van der Waals surface area contributed by atoms with Gasteiger partial charge in [-0.15, -0.1) is 0 Å². The van der Waals surface area contributed by atoms with Crippen LogP contribution in [0.25, 0.3) is 10.2 Å². The van der Waals surface area contributed by atoms with Gasteiger partial charge in [0.05, 0.1) is 10.2 Å². The zero-order valence-corrected chi connectivity index (χ0v) is 11.2. The Bertz CT molecular complexity index is 584. The summed E-state index contributed by atoms with van der Waals surface area (Å²) >= 11 is 1.56. The highest BCUT2D eigenvalue weighted by Crippen LogP contribution is 2.30. The summed E-state index contributed by atoms with van der Waals surface area (Å²) in [6.45, 7) is 2.05. The van der Waals surface area contributed by atoms with Crippen molar-refractivity contribution in [2.24, 2.45) is 5.92 Å². The molecule has 94 valence electrons.